The molecule has 9 aromatic rings. The lowest BCUT2D eigenvalue weighted by Crippen LogP contribution is -2.30. The SMILES string of the molecule is Cc1ccc(CN(c2ccc(C3=C([O-])C(=C4C=CC(=[N+](Cc5ccc(C)cc5C)c5ccc(C)cc5C)C=C4)C3=O)cc2)c2ccc(C)cc2C)c(C)c1.O=C1NCc2ccc(cc2)CNC(=O)c2cccc(n2)C(=O)NCc2ccc(cc2)CNC(=O)c2cccc1n2. The summed E-state index contributed by atoms with van der Waals surface area (Å²) >= 11 is 0. The topological polar surface area (TPSA) is 189 Å². The van der Waals surface area contributed by atoms with E-state index in [9.17, 15) is 29.1 Å². The Morgan fingerprint density at radius 2 is 0.830 bits per heavy atom. The minimum Gasteiger partial charge on any atom is -0.871 e. The van der Waals surface area contributed by atoms with Gasteiger partial charge in [-0.2, -0.15) is 4.58 Å². The number of carbonyl (C=O) groups excluding carboxylic acids is 5. The number of amides is 4. The van der Waals surface area contributed by atoms with E-state index in [4.69, 9.17) is 0 Å². The molecule has 0 radical (unpaired) electrons. The van der Waals surface area contributed by atoms with Crippen LogP contribution < -0.4 is 31.3 Å². The first-order valence-electron chi connectivity index (χ1n) is 31.4. The molecule has 14 heteroatoms. The summed E-state index contributed by atoms with van der Waals surface area (Å²) in [6.45, 7) is 19.5. The maximum Gasteiger partial charge on any atom is 0.270 e. The highest BCUT2D eigenvalue weighted by atomic mass is 16.3. The van der Waals surface area contributed by atoms with Crippen molar-refractivity contribution in [3.63, 3.8) is 0 Å². The number of aromatic nitrogens is 2. The smallest absolute Gasteiger partial charge is 0.270 e. The zero-order valence-electron chi connectivity index (χ0n) is 54.1. The van der Waals surface area contributed by atoms with Gasteiger partial charge >= 0.3 is 0 Å². The number of hydrogen-bond donors (Lipinski definition) is 4. The molecular formula is C80H74N8O6. The van der Waals surface area contributed by atoms with Crippen LogP contribution in [0.1, 0.15) is 125 Å². The summed E-state index contributed by atoms with van der Waals surface area (Å²) in [6.07, 6.45) is 7.87. The van der Waals surface area contributed by atoms with Crippen molar-refractivity contribution in [2.24, 2.45) is 0 Å². The van der Waals surface area contributed by atoms with Crippen molar-refractivity contribution < 1.29 is 33.7 Å². The molecular weight excluding hydrogens is 1170 g/mol. The summed E-state index contributed by atoms with van der Waals surface area (Å²) in [4.78, 5) is 75.2. The normalized spacial score (nSPS) is 14.2. The number of aryl methyl sites for hydroxylation is 8. The molecule has 15 rings (SSSR count). The Kier molecular flexibility index (Phi) is 19.4. The molecule has 470 valence electrons. The summed E-state index contributed by atoms with van der Waals surface area (Å²) in [7, 11) is 0. The average molecular weight is 1240 g/mol. The van der Waals surface area contributed by atoms with E-state index < -0.39 is 23.6 Å². The van der Waals surface area contributed by atoms with Crippen LogP contribution in [-0.2, 0) is 44.1 Å². The molecule has 2 aliphatic carbocycles. The third-order valence-electron chi connectivity index (χ3n) is 17.1. The van der Waals surface area contributed by atoms with E-state index in [1.54, 1.807) is 36.4 Å². The van der Waals surface area contributed by atoms with Gasteiger partial charge in [0.15, 0.2) is 12.3 Å². The number of nitrogens with one attached hydrogen (secondary N) is 4. The van der Waals surface area contributed by atoms with Crippen molar-refractivity contribution in [3.8, 4) is 0 Å². The molecule has 14 nitrogen and oxygen atoms in total. The first-order chi connectivity index (χ1) is 45.3. The third-order valence-corrected chi connectivity index (χ3v) is 17.1. The molecule has 0 fully saturated rings. The molecule has 0 saturated heterocycles. The molecule has 0 atom stereocenters. The monoisotopic (exact) mass is 1240 g/mol. The van der Waals surface area contributed by atoms with Crippen molar-refractivity contribution in [3.05, 3.63) is 329 Å². The highest BCUT2D eigenvalue weighted by Gasteiger charge is 2.32. The number of nitrogens with zero attached hydrogens (tertiary/aromatic N) is 4. The maximum atomic E-state index is 13.7. The van der Waals surface area contributed by atoms with Gasteiger partial charge in [-0.15, -0.1) is 0 Å². The molecule has 6 heterocycles. The van der Waals surface area contributed by atoms with Crippen LogP contribution in [0, 0.1) is 55.4 Å². The molecule has 7 aromatic carbocycles. The van der Waals surface area contributed by atoms with E-state index >= 15 is 0 Å². The van der Waals surface area contributed by atoms with Crippen molar-refractivity contribution in [2.75, 3.05) is 4.90 Å². The quantitative estimate of drug-likeness (QED) is 0.0848. The van der Waals surface area contributed by atoms with Crippen LogP contribution in [0.5, 0.6) is 0 Å². The first kappa shape index (κ1) is 64.2. The fourth-order valence-electron chi connectivity index (χ4n) is 11.8. The molecule has 0 unspecified atom stereocenters. The average Bonchev–Trinajstić information content (AvgIpc) is 0.747. The van der Waals surface area contributed by atoms with Gasteiger partial charge in [-0.1, -0.05) is 155 Å². The second-order valence-corrected chi connectivity index (χ2v) is 24.3. The van der Waals surface area contributed by atoms with Gasteiger partial charge in [-0.3, -0.25) is 24.0 Å². The Hall–Kier alpha value is -11.4. The van der Waals surface area contributed by atoms with E-state index in [1.165, 1.54) is 55.6 Å². The number of carbonyl (C=O) groups is 5. The molecule has 2 aromatic heterocycles. The van der Waals surface area contributed by atoms with E-state index in [0.717, 1.165) is 45.0 Å². The van der Waals surface area contributed by atoms with E-state index in [-0.39, 0.29) is 71.6 Å². The Morgan fingerprint density at radius 1 is 0.426 bits per heavy atom. The van der Waals surface area contributed by atoms with Crippen LogP contribution in [-0.4, -0.2) is 49.7 Å². The minimum absolute atomic E-state index is 0.137. The van der Waals surface area contributed by atoms with Crippen molar-refractivity contribution in [1.82, 2.24) is 31.2 Å². The number of ketones is 1. The second kappa shape index (κ2) is 28.4. The Labute approximate surface area is 548 Å². The summed E-state index contributed by atoms with van der Waals surface area (Å²) in [6, 6.07) is 58.3. The van der Waals surface area contributed by atoms with Crippen molar-refractivity contribution in [1.29, 1.82) is 0 Å². The number of rotatable bonds is 8. The van der Waals surface area contributed by atoms with Crippen LogP contribution in [0.4, 0.5) is 17.1 Å². The maximum absolute atomic E-state index is 13.7. The van der Waals surface area contributed by atoms with Gasteiger partial charge in [0.05, 0.1) is 0 Å². The van der Waals surface area contributed by atoms with Gasteiger partial charge in [0, 0.05) is 84.6 Å². The Balaban J connectivity index is 0.000000201. The van der Waals surface area contributed by atoms with Crippen LogP contribution >= 0.6 is 0 Å². The number of pyridine rings is 2. The van der Waals surface area contributed by atoms with Gasteiger partial charge in [0.2, 0.25) is 11.4 Å². The zero-order chi connectivity index (χ0) is 66.2. The third kappa shape index (κ3) is 15.0. The molecule has 0 spiro atoms. The summed E-state index contributed by atoms with van der Waals surface area (Å²) < 4.78 is 2.31. The lowest BCUT2D eigenvalue weighted by molar-refractivity contribution is -0.457. The zero-order valence-corrected chi connectivity index (χ0v) is 54.1. The number of Topliss-reactive ketones (excluding diaryl/α,β-unsaturated/α-hetero) is 1. The van der Waals surface area contributed by atoms with E-state index in [0.29, 0.717) is 24.2 Å². The predicted molar refractivity (Wildman–Crippen MR) is 368 cm³/mol. The van der Waals surface area contributed by atoms with Crippen LogP contribution in [0.25, 0.3) is 5.57 Å². The molecule has 4 aliphatic heterocycles. The number of anilines is 2. The fourth-order valence-corrected chi connectivity index (χ4v) is 11.8. The number of benzene rings is 7. The molecule has 4 N–H and O–H groups in total. The van der Waals surface area contributed by atoms with Crippen molar-refractivity contribution in [2.45, 2.75) is 94.7 Å². The molecule has 0 saturated carbocycles. The van der Waals surface area contributed by atoms with E-state index in [2.05, 4.69) is 169 Å². The van der Waals surface area contributed by atoms with Gasteiger partial charge in [0.1, 0.15) is 22.8 Å². The van der Waals surface area contributed by atoms with Gasteiger partial charge in [0.25, 0.3) is 23.6 Å². The standard InChI is InChI=1S/C50H48N2O2.C30H26N6O4/c1-31-9-13-41(35(5)25-31)29-51(45-23-11-33(3)27-37(45)7)43-19-15-39(16-20-43)47-49(53)48(50(47)54)40-17-21-44(22-18-40)52(46-24-12-34(4)28-38(46)8)30-42-14-10-32(2)26-36(42)6;37-27-23-3-1-4-24(35-23)28(38)32-16-20-9-13-22(14-10-20)18-34-30(40)26-6-2-5-25(36-26)29(39)33-17-21-11-7-19(8-12-21)15-31-27/h9-28H,29-30H2,1-8H3;1-14H,15-18H2,(H,31,37)(H,32,38)(H,33,39)(H,34,40). The first-order valence-corrected chi connectivity index (χ1v) is 31.4. The van der Waals surface area contributed by atoms with Gasteiger partial charge in [-0.05, 0) is 172 Å². The van der Waals surface area contributed by atoms with E-state index in [1.807, 2.05) is 97.1 Å². The van der Waals surface area contributed by atoms with Crippen LogP contribution in [0.15, 0.2) is 223 Å². The summed E-state index contributed by atoms with van der Waals surface area (Å²) in [5.74, 6) is -2.00. The lowest BCUT2D eigenvalue weighted by atomic mass is 9.80. The van der Waals surface area contributed by atoms with Gasteiger partial charge in [-0.25, -0.2) is 9.97 Å². The fraction of sp³-hybridized carbons (Fsp3) is 0.175. The molecule has 94 heavy (non-hydrogen) atoms. The van der Waals surface area contributed by atoms with Crippen LogP contribution in [0.2, 0.25) is 0 Å². The minimum atomic E-state index is -0.398. The highest BCUT2D eigenvalue weighted by molar-refractivity contribution is 6.39. The number of hydrogen-bond acceptors (Lipinski definition) is 9. The van der Waals surface area contributed by atoms with Crippen molar-refractivity contribution >= 4 is 57.8 Å². The van der Waals surface area contributed by atoms with Gasteiger partial charge < -0.3 is 31.3 Å². The Morgan fingerprint density at radius 3 is 1.24 bits per heavy atom. The molecule has 6 aliphatic rings. The Bertz CT molecular complexity index is 4390. The van der Waals surface area contributed by atoms with Crippen LogP contribution in [0.3, 0.4) is 0 Å². The molecule has 8 bridgehead atoms. The lowest BCUT2D eigenvalue weighted by Gasteiger charge is -2.33. The second-order valence-electron chi connectivity index (χ2n) is 24.3. The highest BCUT2D eigenvalue weighted by Crippen LogP contribution is 2.40. The predicted octanol–water partition coefficient (Wildman–Crippen LogP) is 13.1. The molecule has 4 amide bonds. The largest absolute Gasteiger partial charge is 0.871 e. The number of allylic oxidation sites excluding steroid dienone is 7. The summed E-state index contributed by atoms with van der Waals surface area (Å²) in [5.41, 5.74) is 22.3. The summed E-state index contributed by atoms with van der Waals surface area (Å²) in [5, 5.41) is 25.0.